The first-order valence-corrected chi connectivity index (χ1v) is 15.3. The molecule has 0 aliphatic heterocycles. The maximum atomic E-state index is 2.41. The van der Waals surface area contributed by atoms with E-state index in [9.17, 15) is 0 Å². The second-order valence-electron chi connectivity index (χ2n) is 13.3. The Morgan fingerprint density at radius 1 is 0.750 bits per heavy atom. The summed E-state index contributed by atoms with van der Waals surface area (Å²) in [6, 6.07) is 0. The molecule has 0 radical (unpaired) electrons. The Hall–Kier alpha value is -2.86. The van der Waals surface area contributed by atoms with Crippen LogP contribution in [0.15, 0.2) is 131 Å². The molecule has 2 rings (SSSR count). The minimum Gasteiger partial charge on any atom is -0.0877 e. The Balaban J connectivity index is 1.87. The average Bonchev–Trinajstić information content (AvgIpc) is 2.85. The number of rotatable bonds is 10. The van der Waals surface area contributed by atoms with Crippen LogP contribution in [0.3, 0.4) is 0 Å². The minimum absolute atomic E-state index is 0.231. The highest BCUT2D eigenvalue weighted by molar-refractivity contribution is 5.37. The third-order valence-corrected chi connectivity index (χ3v) is 8.42. The fraction of sp³-hybridized carbons (Fsp3) is 0.450. The van der Waals surface area contributed by atoms with Crippen LogP contribution in [0.4, 0.5) is 0 Å². The van der Waals surface area contributed by atoms with Crippen LogP contribution in [0, 0.1) is 22.7 Å². The Kier molecular flexibility index (Phi) is 13.2. The zero-order chi connectivity index (χ0) is 29.8. The number of hydrogen-bond acceptors (Lipinski definition) is 0. The van der Waals surface area contributed by atoms with E-state index in [1.165, 1.54) is 53.5 Å². The van der Waals surface area contributed by atoms with Gasteiger partial charge in [-0.15, -0.1) is 0 Å². The third kappa shape index (κ3) is 11.3. The van der Waals surface area contributed by atoms with E-state index in [-0.39, 0.29) is 5.41 Å². The van der Waals surface area contributed by atoms with Crippen molar-refractivity contribution in [3.8, 4) is 0 Å². The van der Waals surface area contributed by atoms with Crippen molar-refractivity contribution in [3.63, 3.8) is 0 Å². The molecule has 2 aliphatic carbocycles. The third-order valence-electron chi connectivity index (χ3n) is 8.42. The van der Waals surface area contributed by atoms with Crippen LogP contribution in [-0.2, 0) is 0 Å². The Labute approximate surface area is 247 Å². The van der Waals surface area contributed by atoms with Gasteiger partial charge in [0.15, 0.2) is 0 Å². The van der Waals surface area contributed by atoms with E-state index in [0.717, 1.165) is 0 Å². The minimum atomic E-state index is 0.231. The van der Waals surface area contributed by atoms with Crippen molar-refractivity contribution in [2.75, 3.05) is 0 Å². The molecule has 0 saturated heterocycles. The van der Waals surface area contributed by atoms with Gasteiger partial charge in [0.2, 0.25) is 0 Å². The van der Waals surface area contributed by atoms with Gasteiger partial charge in [-0.2, -0.15) is 0 Å². The summed E-state index contributed by atoms with van der Waals surface area (Å²) in [5, 5.41) is 0. The molecule has 40 heavy (non-hydrogen) atoms. The van der Waals surface area contributed by atoms with Crippen molar-refractivity contribution in [1.29, 1.82) is 0 Å². The molecular weight excluding hydrogens is 480 g/mol. The fourth-order valence-corrected chi connectivity index (χ4v) is 5.84. The lowest BCUT2D eigenvalue weighted by Crippen LogP contribution is -2.28. The van der Waals surface area contributed by atoms with Crippen LogP contribution in [0.2, 0.25) is 0 Å². The van der Waals surface area contributed by atoms with Gasteiger partial charge >= 0.3 is 0 Å². The molecule has 0 aromatic heterocycles. The Morgan fingerprint density at radius 3 is 1.82 bits per heavy atom. The highest BCUT2D eigenvalue weighted by Crippen LogP contribution is 2.41. The molecule has 0 aromatic carbocycles. The summed E-state index contributed by atoms with van der Waals surface area (Å²) in [5.74, 6) is 1.27. The summed E-state index contributed by atoms with van der Waals surface area (Å²) in [6.45, 7) is 22.7. The van der Waals surface area contributed by atoms with Crippen molar-refractivity contribution < 1.29 is 0 Å². The second-order valence-corrected chi connectivity index (χ2v) is 13.3. The zero-order valence-electron chi connectivity index (χ0n) is 27.2. The highest BCUT2D eigenvalue weighted by Gasteiger charge is 2.31. The highest BCUT2D eigenvalue weighted by atomic mass is 14.4. The SMILES string of the molecule is CC1=C(/C=C/C(C)=C\C=C\C(C)=C\C=C\C=C(C)/C=C/C=C(C)/C=C\[C@@H]2[C@H](C)CC=CC2(C)C)C(C)(C)CCC1. The normalized spacial score (nSPS) is 25.1. The van der Waals surface area contributed by atoms with Gasteiger partial charge in [0, 0.05) is 0 Å². The summed E-state index contributed by atoms with van der Waals surface area (Å²) >= 11 is 0. The predicted octanol–water partition coefficient (Wildman–Crippen LogP) is 12.3. The van der Waals surface area contributed by atoms with E-state index in [4.69, 9.17) is 0 Å². The summed E-state index contributed by atoms with van der Waals surface area (Å²) < 4.78 is 0. The van der Waals surface area contributed by atoms with Gasteiger partial charge in [0.25, 0.3) is 0 Å². The molecule has 0 heteroatoms. The van der Waals surface area contributed by atoms with Gasteiger partial charge in [-0.1, -0.05) is 160 Å². The van der Waals surface area contributed by atoms with E-state index in [1.54, 1.807) is 5.57 Å². The van der Waals surface area contributed by atoms with Crippen molar-refractivity contribution >= 4 is 0 Å². The molecular formula is C40H56. The first-order chi connectivity index (χ1) is 18.8. The summed E-state index contributed by atoms with van der Waals surface area (Å²) in [7, 11) is 0. The largest absolute Gasteiger partial charge is 0.0877 e. The van der Waals surface area contributed by atoms with Crippen LogP contribution < -0.4 is 0 Å². The van der Waals surface area contributed by atoms with Crippen LogP contribution in [-0.4, -0.2) is 0 Å². The van der Waals surface area contributed by atoms with E-state index < -0.39 is 0 Å². The molecule has 0 spiro atoms. The number of hydrogen-bond donors (Lipinski definition) is 0. The average molecular weight is 537 g/mol. The van der Waals surface area contributed by atoms with Gasteiger partial charge in [0.05, 0.1) is 0 Å². The van der Waals surface area contributed by atoms with E-state index in [2.05, 4.69) is 166 Å². The molecule has 0 aromatic rings. The van der Waals surface area contributed by atoms with Gasteiger partial charge in [-0.25, -0.2) is 0 Å². The van der Waals surface area contributed by atoms with Crippen molar-refractivity contribution in [1.82, 2.24) is 0 Å². The van der Waals surface area contributed by atoms with Crippen LogP contribution in [0.1, 0.15) is 94.9 Å². The molecule has 216 valence electrons. The smallest absolute Gasteiger partial charge is 0.0104 e. The van der Waals surface area contributed by atoms with Crippen LogP contribution in [0.5, 0.6) is 0 Å². The molecule has 0 nitrogen and oxygen atoms in total. The van der Waals surface area contributed by atoms with Crippen LogP contribution in [0.25, 0.3) is 0 Å². The summed E-state index contributed by atoms with van der Waals surface area (Å²) in [6.07, 6.45) is 40.6. The summed E-state index contributed by atoms with van der Waals surface area (Å²) in [5.41, 5.74) is 8.61. The lowest BCUT2D eigenvalue weighted by atomic mass is 9.68. The first-order valence-electron chi connectivity index (χ1n) is 15.3. The Bertz CT molecular complexity index is 1180. The molecule has 2 atom stereocenters. The van der Waals surface area contributed by atoms with E-state index >= 15 is 0 Å². The van der Waals surface area contributed by atoms with Crippen molar-refractivity contribution in [2.45, 2.75) is 94.9 Å². The lowest BCUT2D eigenvalue weighted by molar-refractivity contribution is 0.238. The standard InChI is InChI=1S/C40H56/c1-31(19-13-21-33(3)25-27-37-35(5)23-15-29-39(37,7)8)17-11-12-18-32(2)20-14-22-34(4)26-28-38-36(6)24-16-30-40(38,9)10/h11-15,17-22,25-29,35,37H,16,23-24,30H2,1-10H3/b12-11+,19-13+,20-14+,27-25-,28-26+,31-17-,32-18+,33-21+,34-22-/t35-,37-/m1/s1. The molecule has 0 fully saturated rings. The number of allylic oxidation sites excluding steroid dienone is 22. The van der Waals surface area contributed by atoms with E-state index in [1.807, 2.05) is 0 Å². The second kappa shape index (κ2) is 15.8. The molecule has 0 saturated carbocycles. The molecule has 0 bridgehead atoms. The molecule has 0 heterocycles. The maximum absolute atomic E-state index is 2.41. The maximum Gasteiger partial charge on any atom is -0.0104 e. The van der Waals surface area contributed by atoms with E-state index in [0.29, 0.717) is 17.3 Å². The summed E-state index contributed by atoms with van der Waals surface area (Å²) in [4.78, 5) is 0. The van der Waals surface area contributed by atoms with Gasteiger partial charge in [-0.05, 0) is 88.5 Å². The van der Waals surface area contributed by atoms with Gasteiger partial charge in [-0.3, -0.25) is 0 Å². The van der Waals surface area contributed by atoms with Crippen LogP contribution >= 0.6 is 0 Å². The van der Waals surface area contributed by atoms with Gasteiger partial charge < -0.3 is 0 Å². The molecule has 0 N–H and O–H groups in total. The fourth-order valence-electron chi connectivity index (χ4n) is 5.84. The predicted molar refractivity (Wildman–Crippen MR) is 181 cm³/mol. The van der Waals surface area contributed by atoms with Gasteiger partial charge in [0.1, 0.15) is 0 Å². The monoisotopic (exact) mass is 536 g/mol. The first kappa shape index (κ1) is 33.3. The quantitative estimate of drug-likeness (QED) is 0.192. The Morgan fingerprint density at radius 2 is 1.27 bits per heavy atom. The molecule has 0 unspecified atom stereocenters. The van der Waals surface area contributed by atoms with Crippen molar-refractivity contribution in [2.24, 2.45) is 22.7 Å². The zero-order valence-corrected chi connectivity index (χ0v) is 27.2. The van der Waals surface area contributed by atoms with Crippen molar-refractivity contribution in [3.05, 3.63) is 131 Å². The topological polar surface area (TPSA) is 0 Å². The molecule has 2 aliphatic rings. The molecule has 0 amide bonds. The lowest BCUT2D eigenvalue weighted by Gasteiger charge is -2.37.